The average Bonchev–Trinajstić information content (AvgIpc) is 2.69. The smallest absolute Gasteiger partial charge is 0.264 e. The van der Waals surface area contributed by atoms with Crippen molar-refractivity contribution >= 4 is 27.3 Å². The molecule has 0 saturated heterocycles. The Morgan fingerprint density at radius 2 is 1.71 bits per heavy atom. The van der Waals surface area contributed by atoms with Gasteiger partial charge in [-0.05, 0) is 55.0 Å². The first kappa shape index (κ1) is 20.2. The quantitative estimate of drug-likeness (QED) is 0.552. The fourth-order valence-electron chi connectivity index (χ4n) is 2.77. The molecule has 0 aliphatic rings. The highest BCUT2D eigenvalue weighted by Crippen LogP contribution is 2.30. The molecule has 0 spiro atoms. The number of ether oxygens (including phenoxy) is 1. The van der Waals surface area contributed by atoms with Gasteiger partial charge in [0, 0.05) is 10.6 Å². The van der Waals surface area contributed by atoms with E-state index in [1.807, 2.05) is 0 Å². The minimum absolute atomic E-state index is 0.0173. The molecule has 0 bridgehead atoms. The number of halogens is 2. The number of rotatable bonds is 6. The van der Waals surface area contributed by atoms with E-state index in [4.69, 9.17) is 16.3 Å². The van der Waals surface area contributed by atoms with Crippen molar-refractivity contribution in [3.05, 3.63) is 88.7 Å². The summed E-state index contributed by atoms with van der Waals surface area (Å²) in [6.07, 6.45) is 0. The summed E-state index contributed by atoms with van der Waals surface area (Å²) in [5.41, 5.74) is 1.47. The van der Waals surface area contributed by atoms with Gasteiger partial charge in [-0.15, -0.1) is 0 Å². The molecule has 0 amide bonds. The van der Waals surface area contributed by atoms with Crippen LogP contribution in [0.3, 0.4) is 0 Å². The Kier molecular flexibility index (Phi) is 5.91. The van der Waals surface area contributed by atoms with Gasteiger partial charge in [0.15, 0.2) is 0 Å². The number of benzene rings is 3. The van der Waals surface area contributed by atoms with Crippen LogP contribution in [-0.2, 0) is 16.6 Å². The van der Waals surface area contributed by atoms with E-state index in [9.17, 15) is 12.8 Å². The average molecular weight is 420 g/mol. The van der Waals surface area contributed by atoms with Gasteiger partial charge in [-0.1, -0.05) is 35.9 Å². The first-order chi connectivity index (χ1) is 13.3. The molecule has 28 heavy (non-hydrogen) atoms. The fourth-order valence-corrected chi connectivity index (χ4v) is 4.35. The van der Waals surface area contributed by atoms with Crippen molar-refractivity contribution < 1.29 is 17.5 Å². The first-order valence-electron chi connectivity index (χ1n) is 8.49. The number of methoxy groups -OCH3 is 1. The summed E-state index contributed by atoms with van der Waals surface area (Å²) >= 11 is 5.96. The minimum atomic E-state index is -4.03. The SMILES string of the molecule is COc1ccccc1CN(c1ccc(Cl)cc1)S(=O)(=O)c1ccc(C)c(F)c1. The highest BCUT2D eigenvalue weighted by molar-refractivity contribution is 7.92. The molecule has 0 unspecified atom stereocenters. The monoisotopic (exact) mass is 419 g/mol. The van der Waals surface area contributed by atoms with E-state index in [-0.39, 0.29) is 11.4 Å². The van der Waals surface area contributed by atoms with Crippen molar-refractivity contribution in [1.82, 2.24) is 0 Å². The van der Waals surface area contributed by atoms with E-state index in [0.717, 1.165) is 6.07 Å². The van der Waals surface area contributed by atoms with Crippen molar-refractivity contribution in [3.63, 3.8) is 0 Å². The lowest BCUT2D eigenvalue weighted by Crippen LogP contribution is -2.30. The fraction of sp³-hybridized carbons (Fsp3) is 0.143. The lowest BCUT2D eigenvalue weighted by atomic mass is 10.2. The predicted octanol–water partition coefficient (Wildman–Crippen LogP) is 5.19. The third kappa shape index (κ3) is 4.13. The normalized spacial score (nSPS) is 11.3. The van der Waals surface area contributed by atoms with E-state index in [1.54, 1.807) is 55.5 Å². The van der Waals surface area contributed by atoms with Gasteiger partial charge < -0.3 is 4.74 Å². The van der Waals surface area contributed by atoms with E-state index >= 15 is 0 Å². The van der Waals surface area contributed by atoms with Crippen LogP contribution in [0.1, 0.15) is 11.1 Å². The molecule has 0 radical (unpaired) electrons. The molecule has 0 saturated carbocycles. The molecule has 3 aromatic carbocycles. The molecule has 0 aliphatic carbocycles. The third-order valence-electron chi connectivity index (χ3n) is 4.35. The maximum atomic E-state index is 14.1. The number of hydrogen-bond acceptors (Lipinski definition) is 3. The molecular formula is C21H19ClFNO3S. The maximum absolute atomic E-state index is 14.1. The zero-order chi connectivity index (χ0) is 20.3. The van der Waals surface area contributed by atoms with E-state index in [1.165, 1.54) is 23.5 Å². The number of para-hydroxylation sites is 1. The van der Waals surface area contributed by atoms with Gasteiger partial charge in [0.2, 0.25) is 0 Å². The summed E-state index contributed by atoms with van der Waals surface area (Å²) < 4.78 is 47.4. The summed E-state index contributed by atoms with van der Waals surface area (Å²) in [6, 6.07) is 17.5. The number of sulfonamides is 1. The molecule has 146 valence electrons. The Morgan fingerprint density at radius 1 is 1.04 bits per heavy atom. The molecule has 0 atom stereocenters. The van der Waals surface area contributed by atoms with Crippen molar-refractivity contribution in [3.8, 4) is 5.75 Å². The zero-order valence-electron chi connectivity index (χ0n) is 15.4. The van der Waals surface area contributed by atoms with Crippen LogP contribution in [0.15, 0.2) is 71.6 Å². The lowest BCUT2D eigenvalue weighted by Gasteiger charge is -2.25. The minimum Gasteiger partial charge on any atom is -0.496 e. The second-order valence-electron chi connectivity index (χ2n) is 6.21. The number of nitrogens with zero attached hydrogens (tertiary/aromatic N) is 1. The molecule has 0 fully saturated rings. The van der Waals surface area contributed by atoms with Crippen LogP contribution in [0.2, 0.25) is 5.02 Å². The Balaban J connectivity index is 2.12. The molecule has 3 rings (SSSR count). The summed E-state index contributed by atoms with van der Waals surface area (Å²) in [6.45, 7) is 1.60. The van der Waals surface area contributed by atoms with Gasteiger partial charge in [-0.25, -0.2) is 12.8 Å². The van der Waals surface area contributed by atoms with Crippen LogP contribution in [0.25, 0.3) is 0 Å². The van der Waals surface area contributed by atoms with Gasteiger partial charge in [-0.2, -0.15) is 0 Å². The Hall–Kier alpha value is -2.57. The van der Waals surface area contributed by atoms with Gasteiger partial charge in [0.25, 0.3) is 10.0 Å². The van der Waals surface area contributed by atoms with Crippen LogP contribution in [-0.4, -0.2) is 15.5 Å². The predicted molar refractivity (Wildman–Crippen MR) is 109 cm³/mol. The van der Waals surface area contributed by atoms with E-state index in [2.05, 4.69) is 0 Å². The lowest BCUT2D eigenvalue weighted by molar-refractivity contribution is 0.410. The molecule has 0 heterocycles. The zero-order valence-corrected chi connectivity index (χ0v) is 17.0. The summed E-state index contributed by atoms with van der Waals surface area (Å²) in [5, 5.41) is 0.486. The van der Waals surface area contributed by atoms with Crippen LogP contribution >= 0.6 is 11.6 Å². The topological polar surface area (TPSA) is 46.6 Å². The van der Waals surface area contributed by atoms with E-state index < -0.39 is 15.8 Å². The molecule has 3 aromatic rings. The van der Waals surface area contributed by atoms with Gasteiger partial charge >= 0.3 is 0 Å². The number of anilines is 1. The molecule has 0 N–H and O–H groups in total. The van der Waals surface area contributed by atoms with Crippen molar-refractivity contribution in [2.24, 2.45) is 0 Å². The molecule has 4 nitrogen and oxygen atoms in total. The second kappa shape index (κ2) is 8.20. The maximum Gasteiger partial charge on any atom is 0.264 e. The molecule has 7 heteroatoms. The highest BCUT2D eigenvalue weighted by atomic mass is 35.5. The number of aryl methyl sites for hydroxylation is 1. The Morgan fingerprint density at radius 3 is 2.36 bits per heavy atom. The summed E-state index contributed by atoms with van der Waals surface area (Å²) in [5.74, 6) is -0.0128. The second-order valence-corrected chi connectivity index (χ2v) is 8.51. The van der Waals surface area contributed by atoms with Crippen molar-refractivity contribution in [1.29, 1.82) is 0 Å². The van der Waals surface area contributed by atoms with Crippen LogP contribution in [0.5, 0.6) is 5.75 Å². The first-order valence-corrected chi connectivity index (χ1v) is 10.3. The third-order valence-corrected chi connectivity index (χ3v) is 6.37. The van der Waals surface area contributed by atoms with Crippen molar-refractivity contribution in [2.45, 2.75) is 18.4 Å². The van der Waals surface area contributed by atoms with Crippen LogP contribution in [0, 0.1) is 12.7 Å². The van der Waals surface area contributed by atoms with Crippen LogP contribution in [0.4, 0.5) is 10.1 Å². The van der Waals surface area contributed by atoms with Crippen LogP contribution < -0.4 is 9.04 Å². The van der Waals surface area contributed by atoms with Gasteiger partial charge in [0.1, 0.15) is 11.6 Å². The standard InChI is InChI=1S/C21H19ClFNO3S/c1-15-7-12-19(13-20(15)23)28(25,26)24(18-10-8-17(22)9-11-18)14-16-5-3-4-6-21(16)27-2/h3-13H,14H2,1-2H3. The number of hydrogen-bond donors (Lipinski definition) is 0. The Bertz CT molecular complexity index is 1090. The van der Waals surface area contributed by atoms with Crippen molar-refractivity contribution in [2.75, 3.05) is 11.4 Å². The highest BCUT2D eigenvalue weighted by Gasteiger charge is 2.27. The largest absolute Gasteiger partial charge is 0.496 e. The van der Waals surface area contributed by atoms with Gasteiger partial charge in [0.05, 0.1) is 24.2 Å². The Labute approximate surface area is 169 Å². The molecule has 0 aliphatic heterocycles. The molecular weight excluding hydrogens is 401 g/mol. The summed E-state index contributed by atoms with van der Waals surface area (Å²) in [4.78, 5) is -0.125. The van der Waals surface area contributed by atoms with E-state index in [0.29, 0.717) is 27.6 Å². The van der Waals surface area contributed by atoms with Gasteiger partial charge in [-0.3, -0.25) is 4.31 Å². The molecule has 0 aromatic heterocycles. The summed E-state index contributed by atoms with van der Waals surface area (Å²) in [7, 11) is -2.51.